The van der Waals surface area contributed by atoms with Crippen molar-refractivity contribution in [2.75, 3.05) is 39.9 Å². The van der Waals surface area contributed by atoms with Crippen molar-refractivity contribution in [2.24, 2.45) is 0 Å². The third-order valence-corrected chi connectivity index (χ3v) is 3.79. The number of hydrogen-bond donors (Lipinski definition) is 1. The molecule has 4 heteroatoms. The molecule has 1 N–H and O–H groups in total. The van der Waals surface area contributed by atoms with Crippen LogP contribution in [-0.2, 0) is 11.2 Å². The molecule has 0 bridgehead atoms. The quantitative estimate of drug-likeness (QED) is 0.837. The second-order valence-electron chi connectivity index (χ2n) is 4.32. The smallest absolute Gasteiger partial charge is 0.0632 e. The minimum absolute atomic E-state index is 0.502. The Kier molecular flexibility index (Phi) is 4.78. The highest BCUT2D eigenvalue weighted by Crippen LogP contribution is 2.09. The lowest BCUT2D eigenvalue weighted by Gasteiger charge is -2.28. The summed E-state index contributed by atoms with van der Waals surface area (Å²) in [6, 6.07) is 4.83. The van der Waals surface area contributed by atoms with Crippen LogP contribution in [0.5, 0.6) is 0 Å². The Morgan fingerprint density at radius 2 is 2.56 bits per heavy atom. The van der Waals surface area contributed by atoms with E-state index < -0.39 is 0 Å². The van der Waals surface area contributed by atoms with E-state index in [2.05, 4.69) is 34.8 Å². The summed E-state index contributed by atoms with van der Waals surface area (Å²) in [7, 11) is 2.18. The van der Waals surface area contributed by atoms with Crippen molar-refractivity contribution < 1.29 is 4.74 Å². The van der Waals surface area contributed by atoms with Crippen LogP contribution >= 0.6 is 11.3 Å². The molecule has 1 aromatic rings. The Balaban J connectivity index is 1.65. The second-order valence-corrected chi connectivity index (χ2v) is 5.35. The molecule has 0 radical (unpaired) electrons. The summed E-state index contributed by atoms with van der Waals surface area (Å²) in [6.07, 6.45) is 1.15. The van der Waals surface area contributed by atoms with Crippen molar-refractivity contribution in [3.63, 3.8) is 0 Å². The average Bonchev–Trinajstić information content (AvgIpc) is 2.81. The SMILES string of the molecule is CN(CCc1cccs1)CC1COCCN1. The maximum atomic E-state index is 5.45. The van der Waals surface area contributed by atoms with Crippen LogP contribution in [-0.4, -0.2) is 50.8 Å². The van der Waals surface area contributed by atoms with Crippen LogP contribution in [0.25, 0.3) is 0 Å². The number of likely N-dealkylation sites (N-methyl/N-ethyl adjacent to an activating group) is 1. The van der Waals surface area contributed by atoms with Gasteiger partial charge < -0.3 is 15.0 Å². The van der Waals surface area contributed by atoms with E-state index in [1.54, 1.807) is 0 Å². The van der Waals surface area contributed by atoms with E-state index >= 15 is 0 Å². The molecule has 0 saturated carbocycles. The number of morpholine rings is 1. The van der Waals surface area contributed by atoms with Crippen LogP contribution in [0.15, 0.2) is 17.5 Å². The highest BCUT2D eigenvalue weighted by molar-refractivity contribution is 7.09. The van der Waals surface area contributed by atoms with Crippen LogP contribution in [0.3, 0.4) is 0 Å². The number of thiophene rings is 1. The number of ether oxygens (including phenoxy) is 1. The summed E-state index contributed by atoms with van der Waals surface area (Å²) in [5.41, 5.74) is 0. The topological polar surface area (TPSA) is 24.5 Å². The van der Waals surface area contributed by atoms with Crippen molar-refractivity contribution in [2.45, 2.75) is 12.5 Å². The zero-order valence-electron chi connectivity index (χ0n) is 9.82. The van der Waals surface area contributed by atoms with E-state index in [0.717, 1.165) is 39.3 Å². The fraction of sp³-hybridized carbons (Fsp3) is 0.667. The molecule has 1 aliphatic heterocycles. The number of nitrogens with one attached hydrogen (secondary N) is 1. The minimum atomic E-state index is 0.502. The van der Waals surface area contributed by atoms with Crippen molar-refractivity contribution >= 4 is 11.3 Å². The lowest BCUT2D eigenvalue weighted by molar-refractivity contribution is 0.0655. The molecule has 1 saturated heterocycles. The first-order valence-electron chi connectivity index (χ1n) is 5.86. The van der Waals surface area contributed by atoms with E-state index in [9.17, 15) is 0 Å². The van der Waals surface area contributed by atoms with Crippen LogP contribution in [0.4, 0.5) is 0 Å². The van der Waals surface area contributed by atoms with E-state index in [4.69, 9.17) is 4.74 Å². The Labute approximate surface area is 101 Å². The fourth-order valence-corrected chi connectivity index (χ4v) is 2.66. The lowest BCUT2D eigenvalue weighted by atomic mass is 10.2. The maximum Gasteiger partial charge on any atom is 0.0632 e. The summed E-state index contributed by atoms with van der Waals surface area (Å²) in [4.78, 5) is 3.85. The average molecular weight is 240 g/mol. The van der Waals surface area contributed by atoms with Gasteiger partial charge in [-0.3, -0.25) is 0 Å². The predicted octanol–water partition coefficient (Wildman–Crippen LogP) is 1.21. The molecule has 0 spiro atoms. The van der Waals surface area contributed by atoms with Gasteiger partial charge in [-0.2, -0.15) is 0 Å². The predicted molar refractivity (Wildman–Crippen MR) is 68.1 cm³/mol. The third-order valence-electron chi connectivity index (χ3n) is 2.85. The minimum Gasteiger partial charge on any atom is -0.378 e. The lowest BCUT2D eigenvalue weighted by Crippen LogP contribution is -2.47. The number of hydrogen-bond acceptors (Lipinski definition) is 4. The van der Waals surface area contributed by atoms with Crippen LogP contribution < -0.4 is 5.32 Å². The molecule has 1 fully saturated rings. The van der Waals surface area contributed by atoms with Crippen LogP contribution in [0.2, 0.25) is 0 Å². The van der Waals surface area contributed by atoms with E-state index in [1.807, 2.05) is 11.3 Å². The van der Waals surface area contributed by atoms with Gasteiger partial charge in [0.2, 0.25) is 0 Å². The second kappa shape index (κ2) is 6.35. The first-order valence-corrected chi connectivity index (χ1v) is 6.74. The van der Waals surface area contributed by atoms with Gasteiger partial charge in [0, 0.05) is 30.6 Å². The Morgan fingerprint density at radius 1 is 1.62 bits per heavy atom. The molecule has 1 aromatic heterocycles. The van der Waals surface area contributed by atoms with Gasteiger partial charge >= 0.3 is 0 Å². The molecule has 0 amide bonds. The highest BCUT2D eigenvalue weighted by Gasteiger charge is 2.14. The third kappa shape index (κ3) is 3.87. The van der Waals surface area contributed by atoms with Gasteiger partial charge in [0.15, 0.2) is 0 Å². The van der Waals surface area contributed by atoms with Gasteiger partial charge in [-0.05, 0) is 24.9 Å². The molecule has 2 rings (SSSR count). The molecule has 0 aromatic carbocycles. The van der Waals surface area contributed by atoms with Crippen molar-refractivity contribution in [1.82, 2.24) is 10.2 Å². The van der Waals surface area contributed by atoms with Gasteiger partial charge in [0.25, 0.3) is 0 Å². The summed E-state index contributed by atoms with van der Waals surface area (Å²) >= 11 is 1.84. The molecule has 0 aliphatic carbocycles. The molecular formula is C12H20N2OS. The van der Waals surface area contributed by atoms with Crippen LogP contribution in [0, 0.1) is 0 Å². The van der Waals surface area contributed by atoms with Crippen molar-refractivity contribution in [1.29, 1.82) is 0 Å². The first kappa shape index (κ1) is 12.0. The van der Waals surface area contributed by atoms with Gasteiger partial charge in [-0.1, -0.05) is 6.07 Å². The van der Waals surface area contributed by atoms with E-state index in [1.165, 1.54) is 4.88 Å². The Morgan fingerprint density at radius 3 is 3.25 bits per heavy atom. The largest absolute Gasteiger partial charge is 0.378 e. The van der Waals surface area contributed by atoms with Gasteiger partial charge in [-0.15, -0.1) is 11.3 Å². The zero-order chi connectivity index (χ0) is 11.2. The molecule has 16 heavy (non-hydrogen) atoms. The monoisotopic (exact) mass is 240 g/mol. The Hall–Kier alpha value is -0.420. The number of nitrogens with zero attached hydrogens (tertiary/aromatic N) is 1. The summed E-state index contributed by atoms with van der Waals surface area (Å²) < 4.78 is 5.45. The Bertz CT molecular complexity index is 283. The normalized spacial score (nSPS) is 21.5. The standard InChI is InChI=1S/C12H20N2OS/c1-14(6-4-12-3-2-8-16-12)9-11-10-15-7-5-13-11/h2-3,8,11,13H,4-7,9-10H2,1H3. The van der Waals surface area contributed by atoms with Crippen LogP contribution in [0.1, 0.15) is 4.88 Å². The molecular weight excluding hydrogens is 220 g/mol. The number of rotatable bonds is 5. The first-order chi connectivity index (χ1) is 7.84. The van der Waals surface area contributed by atoms with Crippen molar-refractivity contribution in [3.8, 4) is 0 Å². The molecule has 3 nitrogen and oxygen atoms in total. The van der Waals surface area contributed by atoms with E-state index in [0.29, 0.717) is 6.04 Å². The highest BCUT2D eigenvalue weighted by atomic mass is 32.1. The van der Waals surface area contributed by atoms with Crippen molar-refractivity contribution in [3.05, 3.63) is 22.4 Å². The molecule has 2 heterocycles. The van der Waals surface area contributed by atoms with E-state index in [-0.39, 0.29) is 0 Å². The summed E-state index contributed by atoms with van der Waals surface area (Å²) in [5.74, 6) is 0. The van der Waals surface area contributed by atoms with Gasteiger partial charge in [0.1, 0.15) is 0 Å². The summed E-state index contributed by atoms with van der Waals surface area (Å²) in [6.45, 7) is 4.90. The molecule has 1 aliphatic rings. The summed E-state index contributed by atoms with van der Waals surface area (Å²) in [5, 5.41) is 5.62. The molecule has 1 unspecified atom stereocenters. The van der Waals surface area contributed by atoms with Gasteiger partial charge in [-0.25, -0.2) is 0 Å². The zero-order valence-corrected chi connectivity index (χ0v) is 10.6. The molecule has 1 atom stereocenters. The fourth-order valence-electron chi connectivity index (χ4n) is 1.96. The molecule has 90 valence electrons. The maximum absolute atomic E-state index is 5.45. The van der Waals surface area contributed by atoms with Gasteiger partial charge in [0.05, 0.1) is 13.2 Å².